The maximum atomic E-state index is 5.56. The van der Waals surface area contributed by atoms with Crippen LogP contribution in [0.4, 0.5) is 0 Å². The Morgan fingerprint density at radius 3 is 3.27 bits per heavy atom. The molecule has 11 heavy (non-hydrogen) atoms. The molecule has 2 aromatic heterocycles. The number of fused-ring (bicyclic) bond motifs is 1. The Hall–Kier alpha value is -0.870. The van der Waals surface area contributed by atoms with Crippen LogP contribution in [0.2, 0.25) is 0 Å². The highest BCUT2D eigenvalue weighted by atomic mass is 32.1. The lowest BCUT2D eigenvalue weighted by molar-refractivity contribution is 0.949. The summed E-state index contributed by atoms with van der Waals surface area (Å²) in [6.45, 7) is 2.55. The number of hydrogen-bond donors (Lipinski definition) is 1. The van der Waals surface area contributed by atoms with E-state index >= 15 is 0 Å². The lowest BCUT2D eigenvalue weighted by atomic mass is 10.3. The number of rotatable bonds is 1. The minimum absolute atomic E-state index is 0.559. The van der Waals surface area contributed by atoms with E-state index in [4.69, 9.17) is 5.73 Å². The smallest absolute Gasteiger partial charge is 0.194 e. The third kappa shape index (κ3) is 0.868. The van der Waals surface area contributed by atoms with Gasteiger partial charge < -0.3 is 5.73 Å². The number of nitrogens with zero attached hydrogens (tertiary/aromatic N) is 2. The zero-order valence-electron chi connectivity index (χ0n) is 6.24. The molecule has 2 N–H and O–H groups in total. The van der Waals surface area contributed by atoms with Crippen molar-refractivity contribution in [3.05, 3.63) is 23.0 Å². The summed E-state index contributed by atoms with van der Waals surface area (Å²) in [5, 5.41) is 2.01. The van der Waals surface area contributed by atoms with Crippen LogP contribution in [0.25, 0.3) is 4.96 Å². The van der Waals surface area contributed by atoms with E-state index in [0.29, 0.717) is 6.54 Å². The molecule has 0 aliphatic rings. The van der Waals surface area contributed by atoms with Gasteiger partial charge in [0.2, 0.25) is 0 Å². The first-order valence-electron chi connectivity index (χ1n) is 3.44. The average Bonchev–Trinajstić information content (AvgIpc) is 2.46. The van der Waals surface area contributed by atoms with E-state index in [1.165, 1.54) is 0 Å². The Balaban J connectivity index is 2.80. The molecular formula is C7H9N3S. The molecule has 4 heteroatoms. The van der Waals surface area contributed by atoms with E-state index in [2.05, 4.69) is 4.98 Å². The van der Waals surface area contributed by atoms with Gasteiger partial charge in [-0.05, 0) is 6.92 Å². The number of thiazole rings is 1. The van der Waals surface area contributed by atoms with Crippen LogP contribution in [-0.2, 0) is 6.54 Å². The molecule has 0 unspecified atom stereocenters. The minimum atomic E-state index is 0.559. The van der Waals surface area contributed by atoms with Gasteiger partial charge in [0.15, 0.2) is 4.96 Å². The Kier molecular flexibility index (Phi) is 1.44. The van der Waals surface area contributed by atoms with Gasteiger partial charge in [0, 0.05) is 18.1 Å². The van der Waals surface area contributed by atoms with Crippen LogP contribution in [0.5, 0.6) is 0 Å². The van der Waals surface area contributed by atoms with Crippen molar-refractivity contribution in [2.75, 3.05) is 0 Å². The van der Waals surface area contributed by atoms with Crippen LogP contribution < -0.4 is 5.73 Å². The molecule has 0 radical (unpaired) electrons. The topological polar surface area (TPSA) is 43.3 Å². The summed E-state index contributed by atoms with van der Waals surface area (Å²) in [7, 11) is 0. The van der Waals surface area contributed by atoms with Crippen molar-refractivity contribution in [2.24, 2.45) is 5.73 Å². The van der Waals surface area contributed by atoms with Gasteiger partial charge >= 0.3 is 0 Å². The quantitative estimate of drug-likeness (QED) is 0.692. The van der Waals surface area contributed by atoms with Crippen molar-refractivity contribution in [2.45, 2.75) is 13.5 Å². The normalized spacial score (nSPS) is 11.1. The fourth-order valence-electron chi connectivity index (χ4n) is 1.19. The molecule has 0 saturated carbocycles. The number of aryl methyl sites for hydroxylation is 1. The monoisotopic (exact) mass is 167 g/mol. The Bertz CT molecular complexity index is 374. The summed E-state index contributed by atoms with van der Waals surface area (Å²) in [5.74, 6) is 0. The predicted molar refractivity (Wildman–Crippen MR) is 45.7 cm³/mol. The molecule has 2 rings (SSSR count). The maximum absolute atomic E-state index is 5.56. The van der Waals surface area contributed by atoms with Crippen molar-refractivity contribution < 1.29 is 0 Å². The van der Waals surface area contributed by atoms with E-state index in [0.717, 1.165) is 16.3 Å². The van der Waals surface area contributed by atoms with Gasteiger partial charge in [-0.2, -0.15) is 0 Å². The molecule has 0 bridgehead atoms. The zero-order chi connectivity index (χ0) is 7.84. The van der Waals surface area contributed by atoms with Crippen molar-refractivity contribution >= 4 is 16.3 Å². The van der Waals surface area contributed by atoms with Crippen LogP contribution in [0.3, 0.4) is 0 Å². The Morgan fingerprint density at radius 2 is 2.55 bits per heavy atom. The highest BCUT2D eigenvalue weighted by molar-refractivity contribution is 7.15. The van der Waals surface area contributed by atoms with Crippen molar-refractivity contribution in [3.63, 3.8) is 0 Å². The lowest BCUT2D eigenvalue weighted by Crippen LogP contribution is -2.01. The van der Waals surface area contributed by atoms with Gasteiger partial charge in [-0.3, -0.25) is 4.40 Å². The van der Waals surface area contributed by atoms with Crippen LogP contribution in [-0.4, -0.2) is 9.38 Å². The number of hydrogen-bond acceptors (Lipinski definition) is 3. The molecule has 58 valence electrons. The molecule has 2 aromatic rings. The Morgan fingerprint density at radius 1 is 1.73 bits per heavy atom. The summed E-state index contributed by atoms with van der Waals surface area (Å²) in [6, 6.07) is 0. The minimum Gasteiger partial charge on any atom is -0.325 e. The molecule has 0 atom stereocenters. The highest BCUT2D eigenvalue weighted by Gasteiger charge is 2.06. The molecule has 0 aliphatic carbocycles. The van der Waals surface area contributed by atoms with Crippen LogP contribution in [0, 0.1) is 6.92 Å². The summed E-state index contributed by atoms with van der Waals surface area (Å²) in [6.07, 6.45) is 2.00. The SMILES string of the molecule is Cc1nc2sccn2c1CN. The van der Waals surface area contributed by atoms with E-state index < -0.39 is 0 Å². The fourth-order valence-corrected chi connectivity index (χ4v) is 1.97. The lowest BCUT2D eigenvalue weighted by Gasteiger charge is -1.92. The molecule has 0 aromatic carbocycles. The van der Waals surface area contributed by atoms with Gasteiger partial charge in [0.05, 0.1) is 11.4 Å². The maximum Gasteiger partial charge on any atom is 0.194 e. The molecular weight excluding hydrogens is 158 g/mol. The number of imidazole rings is 1. The molecule has 0 saturated heterocycles. The number of nitrogens with two attached hydrogens (primary N) is 1. The van der Waals surface area contributed by atoms with Gasteiger partial charge in [0.1, 0.15) is 0 Å². The molecule has 0 spiro atoms. The first kappa shape index (κ1) is 6.82. The predicted octanol–water partition coefficient (Wildman–Crippen LogP) is 1.16. The van der Waals surface area contributed by atoms with E-state index in [1.807, 2.05) is 22.9 Å². The molecule has 0 aliphatic heterocycles. The van der Waals surface area contributed by atoms with Crippen molar-refractivity contribution in [1.82, 2.24) is 9.38 Å². The summed E-state index contributed by atoms with van der Waals surface area (Å²) in [4.78, 5) is 5.38. The van der Waals surface area contributed by atoms with Crippen molar-refractivity contribution in [3.8, 4) is 0 Å². The van der Waals surface area contributed by atoms with E-state index in [9.17, 15) is 0 Å². The van der Waals surface area contributed by atoms with Crippen LogP contribution >= 0.6 is 11.3 Å². The second kappa shape index (κ2) is 2.32. The summed E-state index contributed by atoms with van der Waals surface area (Å²) in [5.41, 5.74) is 7.72. The van der Waals surface area contributed by atoms with E-state index in [-0.39, 0.29) is 0 Å². The second-order valence-electron chi connectivity index (χ2n) is 2.40. The molecule has 2 heterocycles. The van der Waals surface area contributed by atoms with Gasteiger partial charge in [-0.25, -0.2) is 4.98 Å². The van der Waals surface area contributed by atoms with Crippen LogP contribution in [0.15, 0.2) is 11.6 Å². The first-order chi connectivity index (χ1) is 5.33. The third-order valence-corrected chi connectivity index (χ3v) is 2.51. The average molecular weight is 167 g/mol. The summed E-state index contributed by atoms with van der Waals surface area (Å²) < 4.78 is 2.04. The fraction of sp³-hybridized carbons (Fsp3) is 0.286. The van der Waals surface area contributed by atoms with Gasteiger partial charge in [-0.15, -0.1) is 11.3 Å². The third-order valence-electron chi connectivity index (χ3n) is 1.75. The second-order valence-corrected chi connectivity index (χ2v) is 3.28. The first-order valence-corrected chi connectivity index (χ1v) is 4.32. The number of aromatic nitrogens is 2. The molecule has 3 nitrogen and oxygen atoms in total. The zero-order valence-corrected chi connectivity index (χ0v) is 7.06. The van der Waals surface area contributed by atoms with E-state index in [1.54, 1.807) is 11.3 Å². The standard InChI is InChI=1S/C7H9N3S/c1-5-6(4-8)10-2-3-11-7(10)9-5/h2-3H,4,8H2,1H3. The highest BCUT2D eigenvalue weighted by Crippen LogP contribution is 2.15. The van der Waals surface area contributed by atoms with Crippen molar-refractivity contribution in [1.29, 1.82) is 0 Å². The molecule has 0 fully saturated rings. The molecule has 0 amide bonds. The summed E-state index contributed by atoms with van der Waals surface area (Å²) >= 11 is 1.63. The van der Waals surface area contributed by atoms with Gasteiger partial charge in [0.25, 0.3) is 0 Å². The van der Waals surface area contributed by atoms with Gasteiger partial charge in [-0.1, -0.05) is 0 Å². The van der Waals surface area contributed by atoms with Crippen LogP contribution in [0.1, 0.15) is 11.4 Å². The largest absolute Gasteiger partial charge is 0.325 e. The Labute approximate surface area is 68.5 Å².